The maximum atomic E-state index is 13.7. The highest BCUT2D eigenvalue weighted by atomic mass is 19.2. The molecule has 2 amide bonds. The Morgan fingerprint density at radius 3 is 2.51 bits per heavy atom. The maximum Gasteiger partial charge on any atom is 0.255 e. The molecule has 0 bridgehead atoms. The standard InChI is InChI=1S/C31H28F2N4O4/c1-18(20-7-11-25(32)26(33)15-20)35-31(39)24-4-3-13-34-30(24)37-28(19-5-8-22(40-2)9-6-19)17-41-23-10-12-27-21(14-23)16-29(38)36-27/h3-15,18,28H,16-17H2,1-2H3,(H,34,37)(H,35,39)(H,36,38)/t18-,28-/m0/s1. The smallest absolute Gasteiger partial charge is 0.255 e. The van der Waals surface area contributed by atoms with Crippen molar-refractivity contribution in [2.24, 2.45) is 0 Å². The van der Waals surface area contributed by atoms with Crippen molar-refractivity contribution in [1.29, 1.82) is 0 Å². The topological polar surface area (TPSA) is 102 Å². The number of carbonyl (C=O) groups excluding carboxylic acids is 2. The minimum atomic E-state index is -0.985. The van der Waals surface area contributed by atoms with Gasteiger partial charge in [-0.05, 0) is 78.2 Å². The third-order valence-electron chi connectivity index (χ3n) is 6.79. The lowest BCUT2D eigenvalue weighted by atomic mass is 10.1. The molecule has 210 valence electrons. The number of benzene rings is 3. The summed E-state index contributed by atoms with van der Waals surface area (Å²) in [6.45, 7) is 1.86. The van der Waals surface area contributed by atoms with Crippen LogP contribution in [0.15, 0.2) is 79.0 Å². The van der Waals surface area contributed by atoms with Gasteiger partial charge in [-0.3, -0.25) is 9.59 Å². The molecule has 3 N–H and O–H groups in total. The number of rotatable bonds is 10. The average Bonchev–Trinajstić information content (AvgIpc) is 3.36. The molecule has 5 rings (SSSR count). The number of carbonyl (C=O) groups is 2. The van der Waals surface area contributed by atoms with E-state index in [-0.39, 0.29) is 18.1 Å². The Bertz CT molecular complexity index is 1580. The second-order valence-corrected chi connectivity index (χ2v) is 9.59. The van der Waals surface area contributed by atoms with Gasteiger partial charge >= 0.3 is 0 Å². The highest BCUT2D eigenvalue weighted by Gasteiger charge is 2.22. The van der Waals surface area contributed by atoms with Crippen LogP contribution in [0.3, 0.4) is 0 Å². The molecule has 0 saturated carbocycles. The third kappa shape index (κ3) is 6.43. The van der Waals surface area contributed by atoms with Crippen LogP contribution >= 0.6 is 0 Å². The van der Waals surface area contributed by atoms with E-state index in [0.717, 1.165) is 28.9 Å². The number of fused-ring (bicyclic) bond motifs is 1. The van der Waals surface area contributed by atoms with Gasteiger partial charge in [-0.15, -0.1) is 0 Å². The summed E-state index contributed by atoms with van der Waals surface area (Å²) < 4.78 is 38.5. The lowest BCUT2D eigenvalue weighted by molar-refractivity contribution is -0.115. The zero-order chi connectivity index (χ0) is 28.9. The summed E-state index contributed by atoms with van der Waals surface area (Å²) in [4.78, 5) is 29.4. The first-order chi connectivity index (χ1) is 19.8. The molecule has 0 unspecified atom stereocenters. The number of hydrogen-bond acceptors (Lipinski definition) is 6. The van der Waals surface area contributed by atoms with Gasteiger partial charge in [-0.25, -0.2) is 13.8 Å². The Hall–Kier alpha value is -4.99. The van der Waals surface area contributed by atoms with Gasteiger partial charge in [0, 0.05) is 11.9 Å². The number of aromatic nitrogens is 1. The van der Waals surface area contributed by atoms with Gasteiger partial charge in [0.05, 0.1) is 31.2 Å². The van der Waals surface area contributed by atoms with Crippen LogP contribution in [0, 0.1) is 11.6 Å². The number of nitrogens with one attached hydrogen (secondary N) is 3. The van der Waals surface area contributed by atoms with Crippen molar-refractivity contribution in [3.63, 3.8) is 0 Å². The molecule has 1 aliphatic heterocycles. The quantitative estimate of drug-likeness (QED) is 0.235. The zero-order valence-corrected chi connectivity index (χ0v) is 22.4. The van der Waals surface area contributed by atoms with E-state index in [1.165, 1.54) is 6.07 Å². The number of anilines is 2. The average molecular weight is 559 g/mol. The highest BCUT2D eigenvalue weighted by molar-refractivity contribution is 5.99. The van der Waals surface area contributed by atoms with E-state index >= 15 is 0 Å². The molecule has 2 atom stereocenters. The minimum Gasteiger partial charge on any atom is -0.497 e. The molecule has 0 aliphatic carbocycles. The molecule has 10 heteroatoms. The van der Waals surface area contributed by atoms with E-state index in [2.05, 4.69) is 20.9 Å². The molecule has 1 aliphatic rings. The Balaban J connectivity index is 1.36. The first kappa shape index (κ1) is 27.6. The predicted molar refractivity (Wildman–Crippen MR) is 150 cm³/mol. The summed E-state index contributed by atoms with van der Waals surface area (Å²) in [6, 6.07) is 18.6. The highest BCUT2D eigenvalue weighted by Crippen LogP contribution is 2.29. The predicted octanol–water partition coefficient (Wildman–Crippen LogP) is 5.59. The molecule has 41 heavy (non-hydrogen) atoms. The van der Waals surface area contributed by atoms with Crippen LogP contribution in [0.4, 0.5) is 20.3 Å². The Morgan fingerprint density at radius 2 is 1.76 bits per heavy atom. The molecule has 2 heterocycles. The molecular weight excluding hydrogens is 530 g/mol. The van der Waals surface area contributed by atoms with Gasteiger partial charge in [0.15, 0.2) is 11.6 Å². The Kier molecular flexibility index (Phi) is 8.09. The van der Waals surface area contributed by atoms with E-state index in [1.807, 2.05) is 30.3 Å². The van der Waals surface area contributed by atoms with Crippen molar-refractivity contribution in [2.45, 2.75) is 25.4 Å². The first-order valence-electron chi connectivity index (χ1n) is 13.0. The van der Waals surface area contributed by atoms with Crippen molar-refractivity contribution >= 4 is 23.3 Å². The first-order valence-corrected chi connectivity index (χ1v) is 13.0. The van der Waals surface area contributed by atoms with E-state index in [0.29, 0.717) is 29.3 Å². The van der Waals surface area contributed by atoms with Gasteiger partial charge in [0.25, 0.3) is 5.91 Å². The van der Waals surface area contributed by atoms with Crippen LogP contribution in [-0.2, 0) is 11.2 Å². The number of pyridine rings is 1. The SMILES string of the molecule is COc1ccc([C@H](COc2ccc3c(c2)CC(=O)N3)Nc2ncccc2C(=O)N[C@@H](C)c2ccc(F)c(F)c2)cc1. The summed E-state index contributed by atoms with van der Waals surface area (Å²) in [5.41, 5.74) is 3.18. The van der Waals surface area contributed by atoms with E-state index < -0.39 is 29.6 Å². The lowest BCUT2D eigenvalue weighted by Crippen LogP contribution is -2.29. The molecule has 1 aromatic heterocycles. The minimum absolute atomic E-state index is 0.0604. The van der Waals surface area contributed by atoms with Gasteiger partial charge in [-0.1, -0.05) is 18.2 Å². The summed E-state index contributed by atoms with van der Waals surface area (Å²) in [5.74, 6) is -0.842. The lowest BCUT2D eigenvalue weighted by Gasteiger charge is -2.23. The van der Waals surface area contributed by atoms with Crippen molar-refractivity contribution in [3.8, 4) is 11.5 Å². The molecule has 0 spiro atoms. The fraction of sp³-hybridized carbons (Fsp3) is 0.194. The normalized spacial score (nSPS) is 13.5. The van der Waals surface area contributed by atoms with Crippen molar-refractivity contribution in [1.82, 2.24) is 10.3 Å². The Morgan fingerprint density at radius 1 is 1.00 bits per heavy atom. The molecule has 8 nitrogen and oxygen atoms in total. The number of ether oxygens (including phenoxy) is 2. The van der Waals surface area contributed by atoms with Crippen LogP contribution in [0.2, 0.25) is 0 Å². The summed E-state index contributed by atoms with van der Waals surface area (Å²) in [5, 5.41) is 8.96. The van der Waals surface area contributed by atoms with Crippen molar-refractivity contribution in [2.75, 3.05) is 24.4 Å². The number of nitrogens with zero attached hydrogens (tertiary/aromatic N) is 1. The summed E-state index contributed by atoms with van der Waals surface area (Å²) in [6.07, 6.45) is 1.86. The number of halogens is 2. The van der Waals surface area contributed by atoms with Gasteiger partial charge < -0.3 is 25.4 Å². The van der Waals surface area contributed by atoms with Crippen LogP contribution in [0.25, 0.3) is 0 Å². The zero-order valence-electron chi connectivity index (χ0n) is 22.4. The van der Waals surface area contributed by atoms with E-state index in [1.54, 1.807) is 44.5 Å². The summed E-state index contributed by atoms with van der Waals surface area (Å²) in [7, 11) is 1.58. The van der Waals surface area contributed by atoms with Crippen LogP contribution < -0.4 is 25.4 Å². The number of amides is 2. The molecule has 4 aromatic rings. The van der Waals surface area contributed by atoms with Gasteiger partial charge in [0.2, 0.25) is 5.91 Å². The van der Waals surface area contributed by atoms with Crippen molar-refractivity contribution in [3.05, 3.63) is 113 Å². The number of hydrogen-bond donors (Lipinski definition) is 3. The molecule has 3 aromatic carbocycles. The summed E-state index contributed by atoms with van der Waals surface area (Å²) >= 11 is 0. The Labute approximate surface area is 235 Å². The molecular formula is C31H28F2N4O4. The van der Waals surface area contributed by atoms with Gasteiger partial charge in [0.1, 0.15) is 23.9 Å². The fourth-order valence-electron chi connectivity index (χ4n) is 4.54. The fourth-order valence-corrected chi connectivity index (χ4v) is 4.54. The molecule has 0 radical (unpaired) electrons. The maximum absolute atomic E-state index is 13.7. The van der Waals surface area contributed by atoms with E-state index in [4.69, 9.17) is 9.47 Å². The van der Waals surface area contributed by atoms with Crippen LogP contribution in [0.5, 0.6) is 11.5 Å². The van der Waals surface area contributed by atoms with E-state index in [9.17, 15) is 18.4 Å². The molecule has 0 fully saturated rings. The second-order valence-electron chi connectivity index (χ2n) is 9.59. The van der Waals surface area contributed by atoms with Crippen molar-refractivity contribution < 1.29 is 27.8 Å². The van der Waals surface area contributed by atoms with Crippen LogP contribution in [0.1, 0.15) is 46.1 Å². The second kappa shape index (κ2) is 12.0. The monoisotopic (exact) mass is 558 g/mol. The number of methoxy groups -OCH3 is 1. The van der Waals surface area contributed by atoms with Crippen LogP contribution in [-0.4, -0.2) is 30.5 Å². The van der Waals surface area contributed by atoms with Gasteiger partial charge in [-0.2, -0.15) is 0 Å². The molecule has 0 saturated heterocycles. The largest absolute Gasteiger partial charge is 0.497 e. The third-order valence-corrected chi connectivity index (χ3v) is 6.79.